The van der Waals surface area contributed by atoms with Crippen LogP contribution in [0, 0.1) is 0 Å². The maximum absolute atomic E-state index is 11.9. The number of hydrogen-bond acceptors (Lipinski definition) is 3. The maximum Gasteiger partial charge on any atom is 0.250 e. The largest absolute Gasteiger partial charge is 0.379 e. The summed E-state index contributed by atoms with van der Waals surface area (Å²) in [6, 6.07) is 0. The van der Waals surface area contributed by atoms with Crippen molar-refractivity contribution in [1.29, 1.82) is 0 Å². The Morgan fingerprint density at radius 1 is 1.06 bits per heavy atom. The van der Waals surface area contributed by atoms with Gasteiger partial charge in [0.25, 0.3) is 6.43 Å². The van der Waals surface area contributed by atoms with E-state index in [4.69, 9.17) is 9.47 Å². The Kier molecular flexibility index (Phi) is 7.90. The predicted octanol–water partition coefficient (Wildman–Crippen LogP) is 2.84. The van der Waals surface area contributed by atoms with Gasteiger partial charge >= 0.3 is 0 Å². The normalized spacial score (nSPS) is 13.3. The van der Waals surface area contributed by atoms with Crippen molar-refractivity contribution in [2.45, 2.75) is 58.2 Å². The van der Waals surface area contributed by atoms with E-state index in [1.54, 1.807) is 7.11 Å². The smallest absolute Gasteiger partial charge is 0.250 e. The van der Waals surface area contributed by atoms with Gasteiger partial charge < -0.3 is 14.8 Å². The topological polar surface area (TPSA) is 30.5 Å². The molecule has 3 nitrogen and oxygen atoms in total. The van der Waals surface area contributed by atoms with Crippen LogP contribution in [0.4, 0.5) is 8.78 Å². The van der Waals surface area contributed by atoms with Gasteiger partial charge in [-0.15, -0.1) is 0 Å². The minimum atomic E-state index is -2.29. The third-order valence-corrected chi connectivity index (χ3v) is 2.95. The summed E-state index contributed by atoms with van der Waals surface area (Å²) in [5, 5.41) is 2.70. The van der Waals surface area contributed by atoms with Gasteiger partial charge in [-0.05, 0) is 47.1 Å². The molecule has 0 aliphatic rings. The lowest BCUT2D eigenvalue weighted by Crippen LogP contribution is -2.34. The van der Waals surface area contributed by atoms with E-state index in [0.717, 1.165) is 6.42 Å². The molecule has 0 rings (SSSR count). The molecule has 0 aliphatic carbocycles. The lowest BCUT2D eigenvalue weighted by molar-refractivity contribution is -0.0609. The van der Waals surface area contributed by atoms with E-state index < -0.39 is 6.43 Å². The molecular formula is C13H27F2NO2. The van der Waals surface area contributed by atoms with E-state index in [1.165, 1.54) is 0 Å². The highest BCUT2D eigenvalue weighted by Crippen LogP contribution is 2.18. The zero-order chi connectivity index (χ0) is 14.2. The number of rotatable bonds is 10. The molecule has 0 aromatic rings. The molecule has 0 amide bonds. The molecule has 0 unspecified atom stereocenters. The molecule has 110 valence electrons. The van der Waals surface area contributed by atoms with Crippen LogP contribution in [0.5, 0.6) is 0 Å². The quantitative estimate of drug-likeness (QED) is 0.617. The minimum Gasteiger partial charge on any atom is -0.379 e. The lowest BCUT2D eigenvalue weighted by Gasteiger charge is -2.29. The summed E-state index contributed by atoms with van der Waals surface area (Å²) < 4.78 is 34.9. The summed E-state index contributed by atoms with van der Waals surface area (Å²) >= 11 is 0. The molecule has 0 aromatic heterocycles. The van der Waals surface area contributed by atoms with E-state index in [0.29, 0.717) is 19.6 Å². The summed E-state index contributed by atoms with van der Waals surface area (Å²) in [5.41, 5.74) is -0.497. The van der Waals surface area contributed by atoms with Crippen LogP contribution in [-0.4, -0.2) is 44.4 Å². The second-order valence-electron chi connectivity index (χ2n) is 5.67. The first-order chi connectivity index (χ1) is 8.18. The van der Waals surface area contributed by atoms with Gasteiger partial charge in [-0.1, -0.05) is 0 Å². The Morgan fingerprint density at radius 2 is 1.67 bits per heavy atom. The number of hydrogen-bond donors (Lipinski definition) is 1. The van der Waals surface area contributed by atoms with Crippen LogP contribution in [0.3, 0.4) is 0 Å². The van der Waals surface area contributed by atoms with Crippen molar-refractivity contribution in [2.75, 3.05) is 26.8 Å². The van der Waals surface area contributed by atoms with Crippen molar-refractivity contribution in [1.82, 2.24) is 5.32 Å². The zero-order valence-corrected chi connectivity index (χ0v) is 12.2. The highest BCUT2D eigenvalue weighted by molar-refractivity contribution is 4.72. The molecule has 0 saturated heterocycles. The van der Waals surface area contributed by atoms with Crippen LogP contribution >= 0.6 is 0 Å². The number of alkyl halides is 2. The molecule has 0 heterocycles. The first-order valence-electron chi connectivity index (χ1n) is 6.36. The van der Waals surface area contributed by atoms with Crippen molar-refractivity contribution in [3.63, 3.8) is 0 Å². The van der Waals surface area contributed by atoms with Gasteiger partial charge in [0.2, 0.25) is 0 Å². The van der Waals surface area contributed by atoms with Crippen LogP contribution in [0.25, 0.3) is 0 Å². The molecule has 0 aromatic carbocycles. The Labute approximate surface area is 109 Å². The van der Waals surface area contributed by atoms with Crippen LogP contribution in [-0.2, 0) is 9.47 Å². The first kappa shape index (κ1) is 17.7. The number of halogens is 2. The number of ether oxygens (including phenoxy) is 2. The van der Waals surface area contributed by atoms with Crippen LogP contribution < -0.4 is 5.32 Å². The Hall–Kier alpha value is -0.260. The molecule has 0 atom stereocenters. The molecule has 1 N–H and O–H groups in total. The van der Waals surface area contributed by atoms with Gasteiger partial charge in [0.05, 0.1) is 24.4 Å². The molecule has 0 radical (unpaired) electrons. The standard InChI is InChI=1S/C13H27F2NO2/c1-12(2,17-5)7-9-18-13(3,4)6-8-16-10-11(14)15/h11,16H,6-10H2,1-5H3. The fraction of sp³-hybridized carbons (Fsp3) is 1.00. The fourth-order valence-corrected chi connectivity index (χ4v) is 1.35. The summed E-state index contributed by atoms with van der Waals surface area (Å²) in [7, 11) is 1.68. The highest BCUT2D eigenvalue weighted by Gasteiger charge is 2.21. The third kappa shape index (κ3) is 9.74. The van der Waals surface area contributed by atoms with Crippen LogP contribution in [0.1, 0.15) is 40.5 Å². The molecule has 5 heteroatoms. The van der Waals surface area contributed by atoms with Gasteiger partial charge in [-0.3, -0.25) is 0 Å². The zero-order valence-electron chi connectivity index (χ0n) is 12.2. The van der Waals surface area contributed by atoms with Crippen molar-refractivity contribution in [3.8, 4) is 0 Å². The summed E-state index contributed by atoms with van der Waals surface area (Å²) in [6.45, 7) is 8.83. The summed E-state index contributed by atoms with van der Waals surface area (Å²) in [5.74, 6) is 0. The van der Waals surface area contributed by atoms with Crippen LogP contribution in [0.2, 0.25) is 0 Å². The van der Waals surface area contributed by atoms with Crippen molar-refractivity contribution in [2.24, 2.45) is 0 Å². The SMILES string of the molecule is COC(C)(C)CCOC(C)(C)CCNCC(F)F. The molecular weight excluding hydrogens is 240 g/mol. The van der Waals surface area contributed by atoms with Crippen molar-refractivity contribution >= 4 is 0 Å². The van der Waals surface area contributed by atoms with E-state index in [9.17, 15) is 8.78 Å². The molecule has 18 heavy (non-hydrogen) atoms. The molecule has 0 bridgehead atoms. The van der Waals surface area contributed by atoms with Gasteiger partial charge in [0, 0.05) is 7.11 Å². The van der Waals surface area contributed by atoms with Crippen molar-refractivity contribution in [3.05, 3.63) is 0 Å². The molecule has 0 saturated carbocycles. The second kappa shape index (κ2) is 8.02. The fourth-order valence-electron chi connectivity index (χ4n) is 1.35. The highest BCUT2D eigenvalue weighted by atomic mass is 19.3. The summed E-state index contributed by atoms with van der Waals surface area (Å²) in [4.78, 5) is 0. The van der Waals surface area contributed by atoms with E-state index in [1.807, 2.05) is 27.7 Å². The van der Waals surface area contributed by atoms with Gasteiger partial charge in [0.1, 0.15) is 0 Å². The minimum absolute atomic E-state index is 0.190. The van der Waals surface area contributed by atoms with Gasteiger partial charge in [-0.25, -0.2) is 8.78 Å². The molecule has 0 aliphatic heterocycles. The predicted molar refractivity (Wildman–Crippen MR) is 69.2 cm³/mol. The van der Waals surface area contributed by atoms with Gasteiger partial charge in [0.15, 0.2) is 0 Å². The average molecular weight is 267 g/mol. The Morgan fingerprint density at radius 3 is 2.17 bits per heavy atom. The number of nitrogens with one attached hydrogen (secondary N) is 1. The second-order valence-corrected chi connectivity index (χ2v) is 5.67. The lowest BCUT2D eigenvalue weighted by atomic mass is 10.0. The monoisotopic (exact) mass is 267 g/mol. The number of methoxy groups -OCH3 is 1. The third-order valence-electron chi connectivity index (χ3n) is 2.95. The van der Waals surface area contributed by atoms with E-state index in [-0.39, 0.29) is 17.7 Å². The summed E-state index contributed by atoms with van der Waals surface area (Å²) in [6.07, 6.45) is -0.790. The average Bonchev–Trinajstić information content (AvgIpc) is 2.24. The first-order valence-corrected chi connectivity index (χ1v) is 6.36. The van der Waals surface area contributed by atoms with Gasteiger partial charge in [-0.2, -0.15) is 0 Å². The van der Waals surface area contributed by atoms with E-state index >= 15 is 0 Å². The Balaban J connectivity index is 3.73. The van der Waals surface area contributed by atoms with Crippen molar-refractivity contribution < 1.29 is 18.3 Å². The van der Waals surface area contributed by atoms with E-state index in [2.05, 4.69) is 5.32 Å². The molecule has 0 fully saturated rings. The Bertz CT molecular complexity index is 221. The molecule has 0 spiro atoms. The van der Waals surface area contributed by atoms with Crippen LogP contribution in [0.15, 0.2) is 0 Å². The maximum atomic E-state index is 11.9.